The molecule has 7 nitrogen and oxygen atoms in total. The molecule has 1 atom stereocenters. The topological polar surface area (TPSA) is 107 Å². The molecule has 1 aliphatic rings. The van der Waals surface area contributed by atoms with Crippen LogP contribution in [0.2, 0.25) is 0 Å². The molecule has 32 heavy (non-hydrogen) atoms. The van der Waals surface area contributed by atoms with Crippen LogP contribution < -0.4 is 10.2 Å². The highest BCUT2D eigenvalue weighted by atomic mass is 16.4. The van der Waals surface area contributed by atoms with Crippen molar-refractivity contribution in [3.8, 4) is 11.1 Å². The van der Waals surface area contributed by atoms with Gasteiger partial charge in [0.15, 0.2) is 0 Å². The highest BCUT2D eigenvalue weighted by Crippen LogP contribution is 2.35. The largest absolute Gasteiger partial charge is 0.480 e. The first-order valence-electron chi connectivity index (χ1n) is 10.2. The van der Waals surface area contributed by atoms with Crippen LogP contribution in [0.3, 0.4) is 0 Å². The van der Waals surface area contributed by atoms with Crippen LogP contribution in [0.5, 0.6) is 0 Å². The van der Waals surface area contributed by atoms with E-state index < -0.39 is 30.4 Å². The van der Waals surface area contributed by atoms with Crippen LogP contribution in [0.1, 0.15) is 31.8 Å². The van der Waals surface area contributed by atoms with E-state index in [1.165, 1.54) is 4.90 Å². The maximum atomic E-state index is 13.2. The molecule has 162 valence electrons. The predicted molar refractivity (Wildman–Crippen MR) is 120 cm³/mol. The Balaban J connectivity index is 1.64. The number of amides is 2. The van der Waals surface area contributed by atoms with Crippen LogP contribution in [0, 0.1) is 6.92 Å². The molecule has 3 aromatic rings. The number of hydrogen-bond acceptors (Lipinski definition) is 5. The summed E-state index contributed by atoms with van der Waals surface area (Å²) in [5.41, 5.74) is 4.50. The molecule has 3 aromatic carbocycles. The van der Waals surface area contributed by atoms with Crippen molar-refractivity contribution < 1.29 is 24.6 Å². The van der Waals surface area contributed by atoms with Crippen molar-refractivity contribution in [2.75, 3.05) is 11.5 Å². The summed E-state index contributed by atoms with van der Waals surface area (Å²) in [4.78, 5) is 38.6. The number of carboxylic acids is 1. The fourth-order valence-corrected chi connectivity index (χ4v) is 3.88. The molecule has 7 heteroatoms. The molecule has 0 bridgehead atoms. The minimum absolute atomic E-state index is 0.134. The van der Waals surface area contributed by atoms with Gasteiger partial charge in [-0.15, -0.1) is 0 Å². The third-order valence-corrected chi connectivity index (χ3v) is 5.62. The van der Waals surface area contributed by atoms with Crippen molar-refractivity contribution in [3.63, 3.8) is 0 Å². The standard InChI is InChI=1S/C25H22N2O5/c1-15-18(17-6-3-2-4-7-17)8-5-9-22(15)27-23(29)19-11-10-16(12-20(19)24(27)30)13-26-21(14-28)25(31)32/h2-12,21,26,28H,13-14H2,1H3,(H,31,32)/t21-/m0/s1. The van der Waals surface area contributed by atoms with Crippen LogP contribution in [0.15, 0.2) is 66.7 Å². The van der Waals surface area contributed by atoms with E-state index in [9.17, 15) is 14.4 Å². The molecule has 0 fully saturated rings. The van der Waals surface area contributed by atoms with Gasteiger partial charge in [0.05, 0.1) is 23.4 Å². The van der Waals surface area contributed by atoms with E-state index in [4.69, 9.17) is 10.2 Å². The molecule has 4 rings (SSSR count). The van der Waals surface area contributed by atoms with Crippen molar-refractivity contribution in [2.24, 2.45) is 0 Å². The van der Waals surface area contributed by atoms with E-state index in [0.29, 0.717) is 16.8 Å². The lowest BCUT2D eigenvalue weighted by atomic mass is 9.99. The summed E-state index contributed by atoms with van der Waals surface area (Å²) < 4.78 is 0. The van der Waals surface area contributed by atoms with Crippen LogP contribution in [-0.4, -0.2) is 40.6 Å². The first kappa shape index (κ1) is 21.4. The Morgan fingerprint density at radius 3 is 2.34 bits per heavy atom. The number of nitrogens with one attached hydrogen (secondary N) is 1. The number of nitrogens with zero attached hydrogens (tertiary/aromatic N) is 1. The van der Waals surface area contributed by atoms with Crippen molar-refractivity contribution in [2.45, 2.75) is 19.5 Å². The van der Waals surface area contributed by atoms with Crippen molar-refractivity contribution in [1.29, 1.82) is 0 Å². The maximum absolute atomic E-state index is 13.2. The van der Waals surface area contributed by atoms with Gasteiger partial charge in [0, 0.05) is 6.54 Å². The van der Waals surface area contributed by atoms with E-state index in [2.05, 4.69) is 5.32 Å². The third kappa shape index (κ3) is 3.79. The molecule has 0 saturated carbocycles. The summed E-state index contributed by atoms with van der Waals surface area (Å²) in [6.45, 7) is 1.47. The number of carbonyl (C=O) groups is 3. The van der Waals surface area contributed by atoms with Gasteiger partial charge in [-0.3, -0.25) is 19.7 Å². The summed E-state index contributed by atoms with van der Waals surface area (Å²) >= 11 is 0. The van der Waals surface area contributed by atoms with E-state index >= 15 is 0 Å². The average Bonchev–Trinajstić information content (AvgIpc) is 3.04. The molecule has 0 aromatic heterocycles. The van der Waals surface area contributed by atoms with Gasteiger partial charge < -0.3 is 10.2 Å². The van der Waals surface area contributed by atoms with E-state index in [1.54, 1.807) is 24.3 Å². The van der Waals surface area contributed by atoms with Gasteiger partial charge in [0.1, 0.15) is 6.04 Å². The Morgan fingerprint density at radius 1 is 0.938 bits per heavy atom. The minimum Gasteiger partial charge on any atom is -0.480 e. The SMILES string of the molecule is Cc1c(-c2ccccc2)cccc1N1C(=O)c2ccc(CN[C@@H](CO)C(=O)O)cc2C1=O. The van der Waals surface area contributed by atoms with E-state index in [-0.39, 0.29) is 12.1 Å². The fraction of sp³-hybridized carbons (Fsp3) is 0.160. The van der Waals surface area contributed by atoms with Gasteiger partial charge in [-0.05, 0) is 47.4 Å². The normalized spacial score (nSPS) is 13.9. The lowest BCUT2D eigenvalue weighted by molar-refractivity contribution is -0.140. The predicted octanol–water partition coefficient (Wildman–Crippen LogP) is 3.00. The molecular formula is C25H22N2O5. The molecule has 1 heterocycles. The zero-order chi connectivity index (χ0) is 22.8. The number of carbonyl (C=O) groups excluding carboxylic acids is 2. The molecule has 0 unspecified atom stereocenters. The number of fused-ring (bicyclic) bond motifs is 1. The molecule has 3 N–H and O–H groups in total. The molecule has 0 spiro atoms. The monoisotopic (exact) mass is 430 g/mol. The third-order valence-electron chi connectivity index (χ3n) is 5.62. The molecular weight excluding hydrogens is 408 g/mol. The number of hydrogen-bond donors (Lipinski definition) is 3. The summed E-state index contributed by atoms with van der Waals surface area (Å²) in [5.74, 6) is -1.98. The zero-order valence-electron chi connectivity index (χ0n) is 17.4. The van der Waals surface area contributed by atoms with Gasteiger partial charge in [0.25, 0.3) is 11.8 Å². The number of aliphatic carboxylic acids is 1. The van der Waals surface area contributed by atoms with E-state index in [0.717, 1.165) is 16.7 Å². The molecule has 1 aliphatic heterocycles. The lowest BCUT2D eigenvalue weighted by Gasteiger charge is -2.19. The van der Waals surface area contributed by atoms with Crippen LogP contribution in [0.4, 0.5) is 5.69 Å². The minimum atomic E-state index is -1.17. The second-order valence-electron chi connectivity index (χ2n) is 7.60. The van der Waals surface area contributed by atoms with E-state index in [1.807, 2.05) is 49.4 Å². The van der Waals surface area contributed by atoms with Crippen molar-refractivity contribution in [3.05, 3.63) is 89.0 Å². The van der Waals surface area contributed by atoms with Crippen molar-refractivity contribution >= 4 is 23.5 Å². The number of benzene rings is 3. The maximum Gasteiger partial charge on any atom is 0.323 e. The Hall–Kier alpha value is -3.81. The number of imide groups is 1. The Kier molecular flexibility index (Phi) is 5.85. The van der Waals surface area contributed by atoms with Gasteiger partial charge in [-0.2, -0.15) is 0 Å². The van der Waals surface area contributed by atoms with Gasteiger partial charge >= 0.3 is 5.97 Å². The number of rotatable bonds is 7. The highest BCUT2D eigenvalue weighted by molar-refractivity contribution is 6.34. The number of aliphatic hydroxyl groups excluding tert-OH is 1. The van der Waals surface area contributed by atoms with Crippen LogP contribution >= 0.6 is 0 Å². The zero-order valence-corrected chi connectivity index (χ0v) is 17.4. The first-order valence-corrected chi connectivity index (χ1v) is 10.2. The number of carboxylic acid groups (broad SMARTS) is 1. The summed E-state index contributed by atoms with van der Waals surface area (Å²) in [6, 6.07) is 19.0. The summed E-state index contributed by atoms with van der Waals surface area (Å²) in [7, 11) is 0. The lowest BCUT2D eigenvalue weighted by Crippen LogP contribution is -2.39. The van der Waals surface area contributed by atoms with Crippen molar-refractivity contribution in [1.82, 2.24) is 5.32 Å². The molecule has 0 saturated heterocycles. The number of aliphatic hydroxyl groups is 1. The van der Waals surface area contributed by atoms with Crippen LogP contribution in [-0.2, 0) is 11.3 Å². The van der Waals surface area contributed by atoms with Crippen LogP contribution in [0.25, 0.3) is 11.1 Å². The quantitative estimate of drug-likeness (QED) is 0.498. The van der Waals surface area contributed by atoms with Gasteiger partial charge in [0.2, 0.25) is 0 Å². The van der Waals surface area contributed by atoms with Gasteiger partial charge in [-0.25, -0.2) is 4.90 Å². The number of anilines is 1. The highest BCUT2D eigenvalue weighted by Gasteiger charge is 2.37. The van der Waals surface area contributed by atoms with Gasteiger partial charge in [-0.1, -0.05) is 48.5 Å². The Morgan fingerprint density at radius 2 is 1.66 bits per heavy atom. The second-order valence-corrected chi connectivity index (χ2v) is 7.60. The smallest absolute Gasteiger partial charge is 0.323 e. The average molecular weight is 430 g/mol. The molecule has 2 amide bonds. The first-order chi connectivity index (χ1) is 15.4. The molecule has 0 radical (unpaired) electrons. The Bertz CT molecular complexity index is 1210. The molecule has 0 aliphatic carbocycles. The Labute approximate surface area is 184 Å². The fourth-order valence-electron chi connectivity index (χ4n) is 3.88. The second kappa shape index (κ2) is 8.74. The summed E-state index contributed by atoms with van der Waals surface area (Å²) in [5, 5.41) is 20.9. The summed E-state index contributed by atoms with van der Waals surface area (Å²) in [6.07, 6.45) is 0.